The van der Waals surface area contributed by atoms with Crippen molar-refractivity contribution < 1.29 is 34.7 Å². The summed E-state index contributed by atoms with van der Waals surface area (Å²) in [5.74, 6) is 2.14. The Hall–Kier alpha value is -1.37. The van der Waals surface area contributed by atoms with Crippen molar-refractivity contribution in [3.8, 4) is 12.3 Å². The van der Waals surface area contributed by atoms with Crippen molar-refractivity contribution in [2.24, 2.45) is 0 Å². The summed E-state index contributed by atoms with van der Waals surface area (Å²) in [6, 6.07) is 0. The number of aliphatic hydroxyl groups excluding tert-OH is 4. The summed E-state index contributed by atoms with van der Waals surface area (Å²) in [6.45, 7) is -0.684. The van der Waals surface area contributed by atoms with Crippen LogP contribution in [0.25, 0.3) is 0 Å². The summed E-state index contributed by atoms with van der Waals surface area (Å²) < 4.78 is 9.44. The number of terminal acetylenes is 1. The van der Waals surface area contributed by atoms with Crippen molar-refractivity contribution in [2.75, 3.05) is 13.2 Å². The molecule has 102 valence electrons. The van der Waals surface area contributed by atoms with Gasteiger partial charge in [0.05, 0.1) is 13.2 Å². The normalized spacial score (nSPS) is 35.6. The van der Waals surface area contributed by atoms with E-state index in [1.807, 2.05) is 0 Å². The van der Waals surface area contributed by atoms with Crippen LogP contribution in [-0.2, 0) is 9.47 Å². The molecule has 1 saturated heterocycles. The zero-order valence-corrected chi connectivity index (χ0v) is 9.39. The smallest absolute Gasteiger partial charge is 0.408 e. The zero-order valence-electron chi connectivity index (χ0n) is 9.39. The fourth-order valence-corrected chi connectivity index (χ4v) is 1.49. The van der Waals surface area contributed by atoms with Crippen LogP contribution in [0.3, 0.4) is 0 Å². The maximum Gasteiger partial charge on any atom is 0.408 e. The standard InChI is InChI=1S/C10H15NO7/c1-2-3-11-10(16)18-8-6(13)5(4-12)17-9(15)7(8)14/h1,5-9,12-15H,3-4H2,(H,11,16)/t5?,6-,7?,8?,9+/m1/s1. The number of carbonyl (C=O) groups is 1. The largest absolute Gasteiger partial charge is 0.440 e. The third kappa shape index (κ3) is 3.32. The van der Waals surface area contributed by atoms with E-state index >= 15 is 0 Å². The van der Waals surface area contributed by atoms with Gasteiger partial charge >= 0.3 is 6.09 Å². The molecular weight excluding hydrogens is 246 g/mol. The summed E-state index contributed by atoms with van der Waals surface area (Å²) >= 11 is 0. The molecule has 0 aromatic heterocycles. The summed E-state index contributed by atoms with van der Waals surface area (Å²) in [5.41, 5.74) is 0. The second kappa shape index (κ2) is 6.53. The molecular formula is C10H15NO7. The molecule has 0 saturated carbocycles. The molecule has 5 N–H and O–H groups in total. The highest BCUT2D eigenvalue weighted by Gasteiger charge is 2.46. The predicted molar refractivity (Wildman–Crippen MR) is 57.1 cm³/mol. The number of hydrogen-bond donors (Lipinski definition) is 5. The lowest BCUT2D eigenvalue weighted by atomic mass is 9.99. The van der Waals surface area contributed by atoms with Crippen LogP contribution in [0, 0.1) is 12.3 Å². The van der Waals surface area contributed by atoms with Crippen molar-refractivity contribution in [3.05, 3.63) is 0 Å². The molecule has 0 aromatic carbocycles. The first-order chi connectivity index (χ1) is 8.51. The molecule has 0 bridgehead atoms. The number of aliphatic hydroxyl groups is 4. The SMILES string of the molecule is C#CCNC(=O)OC1C(O)[C@@H](O)OC(CO)[C@H]1O. The highest BCUT2D eigenvalue weighted by molar-refractivity contribution is 5.67. The second-order valence-electron chi connectivity index (χ2n) is 3.66. The van der Waals surface area contributed by atoms with Crippen LogP contribution >= 0.6 is 0 Å². The topological polar surface area (TPSA) is 128 Å². The number of amides is 1. The Labute approximate surface area is 103 Å². The lowest BCUT2D eigenvalue weighted by Gasteiger charge is -2.39. The summed E-state index contributed by atoms with van der Waals surface area (Å²) in [6.07, 6.45) is -3.39. The number of rotatable bonds is 3. The van der Waals surface area contributed by atoms with Crippen molar-refractivity contribution in [2.45, 2.75) is 30.7 Å². The van der Waals surface area contributed by atoms with Gasteiger partial charge in [0.1, 0.15) is 18.3 Å². The molecule has 8 heteroatoms. The molecule has 18 heavy (non-hydrogen) atoms. The van der Waals surface area contributed by atoms with Crippen molar-refractivity contribution in [3.63, 3.8) is 0 Å². The molecule has 1 fully saturated rings. The summed E-state index contributed by atoms with van der Waals surface area (Å²) in [7, 11) is 0. The van der Waals surface area contributed by atoms with Crippen LogP contribution in [0.2, 0.25) is 0 Å². The second-order valence-corrected chi connectivity index (χ2v) is 3.66. The Bertz CT molecular complexity index is 329. The third-order valence-corrected chi connectivity index (χ3v) is 2.42. The molecule has 5 atom stereocenters. The molecule has 0 aliphatic carbocycles. The molecule has 1 aliphatic heterocycles. The first-order valence-electron chi connectivity index (χ1n) is 5.19. The van der Waals surface area contributed by atoms with Gasteiger partial charge in [0.15, 0.2) is 12.4 Å². The van der Waals surface area contributed by atoms with Gasteiger partial charge in [-0.1, -0.05) is 5.92 Å². The third-order valence-electron chi connectivity index (χ3n) is 2.42. The average Bonchev–Trinajstić information content (AvgIpc) is 2.36. The lowest BCUT2D eigenvalue weighted by molar-refractivity contribution is -0.285. The minimum absolute atomic E-state index is 0.0831. The van der Waals surface area contributed by atoms with Crippen molar-refractivity contribution in [1.82, 2.24) is 5.32 Å². The average molecular weight is 261 g/mol. The number of ether oxygens (including phenoxy) is 2. The zero-order chi connectivity index (χ0) is 13.7. The van der Waals surface area contributed by atoms with Crippen LogP contribution in [0.5, 0.6) is 0 Å². The monoisotopic (exact) mass is 261 g/mol. The molecule has 1 amide bonds. The van der Waals surface area contributed by atoms with Crippen LogP contribution in [0.1, 0.15) is 0 Å². The Morgan fingerprint density at radius 1 is 1.39 bits per heavy atom. The van der Waals surface area contributed by atoms with E-state index in [0.29, 0.717) is 0 Å². The first-order valence-corrected chi connectivity index (χ1v) is 5.19. The van der Waals surface area contributed by atoms with Gasteiger partial charge in [0, 0.05) is 0 Å². The van der Waals surface area contributed by atoms with Crippen LogP contribution in [0.4, 0.5) is 4.79 Å². The molecule has 0 spiro atoms. The van der Waals surface area contributed by atoms with Crippen LogP contribution in [0.15, 0.2) is 0 Å². The summed E-state index contributed by atoms with van der Waals surface area (Å²) in [5, 5.41) is 39.6. The van der Waals surface area contributed by atoms with Gasteiger partial charge in [-0.2, -0.15) is 0 Å². The maximum absolute atomic E-state index is 11.2. The quantitative estimate of drug-likeness (QED) is 0.346. The Balaban J connectivity index is 2.65. The summed E-state index contributed by atoms with van der Waals surface area (Å²) in [4.78, 5) is 11.2. The predicted octanol–water partition coefficient (Wildman–Crippen LogP) is -2.85. The van der Waals surface area contributed by atoms with Gasteiger partial charge in [0.2, 0.25) is 0 Å². The van der Waals surface area contributed by atoms with E-state index in [1.165, 1.54) is 0 Å². The van der Waals surface area contributed by atoms with E-state index < -0.39 is 43.4 Å². The van der Waals surface area contributed by atoms with E-state index in [-0.39, 0.29) is 6.54 Å². The van der Waals surface area contributed by atoms with Gasteiger partial charge in [-0.3, -0.25) is 0 Å². The molecule has 3 unspecified atom stereocenters. The molecule has 8 nitrogen and oxygen atoms in total. The van der Waals surface area contributed by atoms with Crippen LogP contribution in [-0.4, -0.2) is 70.4 Å². The van der Waals surface area contributed by atoms with E-state index in [0.717, 1.165) is 0 Å². The Kier molecular flexibility index (Phi) is 5.33. The highest BCUT2D eigenvalue weighted by atomic mass is 16.7. The van der Waals surface area contributed by atoms with Gasteiger partial charge in [-0.15, -0.1) is 6.42 Å². The van der Waals surface area contributed by atoms with Gasteiger partial charge in [-0.05, 0) is 0 Å². The van der Waals surface area contributed by atoms with Crippen LogP contribution < -0.4 is 5.32 Å². The highest BCUT2D eigenvalue weighted by Crippen LogP contribution is 2.22. The number of nitrogens with one attached hydrogen (secondary N) is 1. The molecule has 0 radical (unpaired) electrons. The maximum atomic E-state index is 11.2. The Morgan fingerprint density at radius 2 is 2.06 bits per heavy atom. The number of alkyl carbamates (subject to hydrolysis) is 1. The van der Waals surface area contributed by atoms with Gasteiger partial charge in [-0.25, -0.2) is 4.79 Å². The number of carbonyl (C=O) groups excluding carboxylic acids is 1. The van der Waals surface area contributed by atoms with Gasteiger partial charge in [0.25, 0.3) is 0 Å². The molecule has 1 heterocycles. The Morgan fingerprint density at radius 3 is 2.61 bits per heavy atom. The van der Waals surface area contributed by atoms with Crippen molar-refractivity contribution in [1.29, 1.82) is 0 Å². The minimum Gasteiger partial charge on any atom is -0.440 e. The molecule has 1 aliphatic rings. The van der Waals surface area contributed by atoms with Gasteiger partial charge < -0.3 is 35.2 Å². The first kappa shape index (κ1) is 14.7. The van der Waals surface area contributed by atoms with E-state index in [1.54, 1.807) is 0 Å². The van der Waals surface area contributed by atoms with Crippen molar-refractivity contribution >= 4 is 6.09 Å². The lowest BCUT2D eigenvalue weighted by Crippen LogP contribution is -2.60. The van der Waals surface area contributed by atoms with E-state index in [2.05, 4.69) is 11.2 Å². The molecule has 0 aromatic rings. The fourth-order valence-electron chi connectivity index (χ4n) is 1.49. The fraction of sp³-hybridized carbons (Fsp3) is 0.700. The minimum atomic E-state index is -1.67. The van der Waals surface area contributed by atoms with E-state index in [9.17, 15) is 20.1 Å². The number of hydrogen-bond acceptors (Lipinski definition) is 7. The van der Waals surface area contributed by atoms with E-state index in [4.69, 9.17) is 21.0 Å². The molecule has 1 rings (SSSR count).